The fourth-order valence-corrected chi connectivity index (χ4v) is 2.55. The highest BCUT2D eigenvalue weighted by Crippen LogP contribution is 2.12. The number of sulfone groups is 1. The van der Waals surface area contributed by atoms with Crippen molar-refractivity contribution in [2.24, 2.45) is 0 Å². The molecule has 1 aromatic rings. The Hall–Kier alpha value is -1.89. The van der Waals surface area contributed by atoms with Gasteiger partial charge in [0.1, 0.15) is 6.04 Å². The molecule has 0 saturated heterocycles. The minimum Gasteiger partial charge on any atom is -0.480 e. The Morgan fingerprint density at radius 3 is 2.52 bits per heavy atom. The maximum absolute atomic E-state index is 11.8. The van der Waals surface area contributed by atoms with Gasteiger partial charge in [0.2, 0.25) is 5.91 Å². The molecule has 1 rings (SSSR count). The van der Waals surface area contributed by atoms with Gasteiger partial charge in [-0.25, -0.2) is 13.2 Å². The number of hydrogen-bond donors (Lipinski definition) is 2. The lowest BCUT2D eigenvalue weighted by Gasteiger charge is -2.13. The molecule has 0 aromatic heterocycles. The molecule has 2 N–H and O–H groups in total. The van der Waals surface area contributed by atoms with E-state index in [1.165, 1.54) is 12.1 Å². The van der Waals surface area contributed by atoms with Gasteiger partial charge in [0, 0.05) is 6.26 Å². The van der Waals surface area contributed by atoms with Gasteiger partial charge >= 0.3 is 5.97 Å². The van der Waals surface area contributed by atoms with Crippen LogP contribution in [-0.2, 0) is 25.8 Å². The van der Waals surface area contributed by atoms with Crippen molar-refractivity contribution in [1.82, 2.24) is 5.32 Å². The third kappa shape index (κ3) is 5.55. The van der Waals surface area contributed by atoms with Crippen molar-refractivity contribution in [3.8, 4) is 0 Å². The summed E-state index contributed by atoms with van der Waals surface area (Å²) in [4.78, 5) is 22.9. The van der Waals surface area contributed by atoms with Crippen LogP contribution in [0.1, 0.15) is 25.3 Å². The van der Waals surface area contributed by atoms with Crippen molar-refractivity contribution in [3.05, 3.63) is 29.8 Å². The summed E-state index contributed by atoms with van der Waals surface area (Å²) in [7, 11) is -3.33. The number of carbonyl (C=O) groups excluding carboxylic acids is 1. The Morgan fingerprint density at radius 2 is 2.00 bits per heavy atom. The molecule has 0 aliphatic rings. The molecule has 116 valence electrons. The molecule has 0 heterocycles. The average molecular weight is 313 g/mol. The molecule has 7 heteroatoms. The molecule has 6 nitrogen and oxygen atoms in total. The van der Waals surface area contributed by atoms with E-state index in [1.54, 1.807) is 12.1 Å². The summed E-state index contributed by atoms with van der Waals surface area (Å²) in [5, 5.41) is 11.4. The zero-order valence-corrected chi connectivity index (χ0v) is 12.8. The van der Waals surface area contributed by atoms with Crippen LogP contribution in [0, 0.1) is 0 Å². The van der Waals surface area contributed by atoms with Crippen LogP contribution in [0.2, 0.25) is 0 Å². The lowest BCUT2D eigenvalue weighted by atomic mass is 10.1. The largest absolute Gasteiger partial charge is 0.480 e. The third-order valence-electron chi connectivity index (χ3n) is 2.90. The van der Waals surface area contributed by atoms with E-state index in [2.05, 4.69) is 5.32 Å². The summed E-state index contributed by atoms with van der Waals surface area (Å²) < 4.78 is 22.9. The predicted octanol–water partition coefficient (Wildman–Crippen LogP) is 1.00. The summed E-state index contributed by atoms with van der Waals surface area (Å²) in [6, 6.07) is 5.14. The van der Waals surface area contributed by atoms with E-state index in [9.17, 15) is 18.0 Å². The molecule has 0 aliphatic carbocycles. The summed E-state index contributed by atoms with van der Waals surface area (Å²) >= 11 is 0. The van der Waals surface area contributed by atoms with Crippen molar-refractivity contribution in [1.29, 1.82) is 0 Å². The Kier molecular flexibility index (Phi) is 5.90. The number of amides is 1. The standard InChI is InChI=1S/C14H19NO5S/c1-3-5-12(14(17)18)15-13(16)9-10-6-4-7-11(8-10)21(2,19)20/h4,6-8,12H,3,5,9H2,1-2H3,(H,15,16)(H,17,18)/t12-/m1/s1. The van der Waals surface area contributed by atoms with Crippen LogP contribution < -0.4 is 5.32 Å². The first-order valence-corrected chi connectivity index (χ1v) is 8.44. The van der Waals surface area contributed by atoms with Gasteiger partial charge in [0.25, 0.3) is 0 Å². The van der Waals surface area contributed by atoms with Crippen molar-refractivity contribution in [2.75, 3.05) is 6.26 Å². The van der Waals surface area contributed by atoms with Crippen LogP contribution in [0.15, 0.2) is 29.2 Å². The van der Waals surface area contributed by atoms with E-state index in [0.29, 0.717) is 18.4 Å². The Labute approximate surface area is 124 Å². The topological polar surface area (TPSA) is 101 Å². The number of hydrogen-bond acceptors (Lipinski definition) is 4. The second kappa shape index (κ2) is 7.21. The average Bonchev–Trinajstić information content (AvgIpc) is 2.37. The van der Waals surface area contributed by atoms with Gasteiger partial charge in [-0.05, 0) is 24.1 Å². The number of carboxylic acid groups (broad SMARTS) is 1. The van der Waals surface area contributed by atoms with Crippen LogP contribution in [0.5, 0.6) is 0 Å². The molecule has 1 atom stereocenters. The molecule has 0 radical (unpaired) electrons. The summed E-state index contributed by atoms with van der Waals surface area (Å²) in [5.74, 6) is -1.52. The molecule has 0 saturated carbocycles. The third-order valence-corrected chi connectivity index (χ3v) is 4.01. The second-order valence-corrected chi connectivity index (χ2v) is 6.86. The molecule has 0 unspecified atom stereocenters. The van der Waals surface area contributed by atoms with Gasteiger partial charge in [0.15, 0.2) is 9.84 Å². The Bertz CT molecular complexity index is 624. The Balaban J connectivity index is 2.77. The zero-order valence-electron chi connectivity index (χ0n) is 12.0. The van der Waals surface area contributed by atoms with Crippen LogP contribution in [0.3, 0.4) is 0 Å². The summed E-state index contributed by atoms with van der Waals surface area (Å²) in [6.07, 6.45) is 2.02. The summed E-state index contributed by atoms with van der Waals surface area (Å²) in [5.41, 5.74) is 0.524. The number of carboxylic acids is 1. The maximum Gasteiger partial charge on any atom is 0.326 e. The molecule has 0 bridgehead atoms. The SMILES string of the molecule is CCC[C@@H](NC(=O)Cc1cccc(S(C)(=O)=O)c1)C(=O)O. The molecular formula is C14H19NO5S. The van der Waals surface area contributed by atoms with Crippen LogP contribution in [0.25, 0.3) is 0 Å². The molecule has 0 aliphatic heterocycles. The minimum absolute atomic E-state index is 0.0587. The number of nitrogens with one attached hydrogen (secondary N) is 1. The van der Waals surface area contributed by atoms with Crippen molar-refractivity contribution in [2.45, 2.75) is 37.1 Å². The fourth-order valence-electron chi connectivity index (χ4n) is 1.86. The molecule has 1 aromatic carbocycles. The first kappa shape index (κ1) is 17.2. The minimum atomic E-state index is -3.33. The molecule has 1 amide bonds. The monoisotopic (exact) mass is 313 g/mol. The smallest absolute Gasteiger partial charge is 0.326 e. The molecule has 0 fully saturated rings. The number of carbonyl (C=O) groups is 2. The first-order valence-electron chi connectivity index (χ1n) is 6.55. The van der Waals surface area contributed by atoms with Gasteiger partial charge in [-0.15, -0.1) is 0 Å². The lowest BCUT2D eigenvalue weighted by molar-refractivity contribution is -0.141. The highest BCUT2D eigenvalue weighted by molar-refractivity contribution is 7.90. The normalized spacial score (nSPS) is 12.7. The lowest BCUT2D eigenvalue weighted by Crippen LogP contribution is -2.41. The van der Waals surface area contributed by atoms with Gasteiger partial charge in [-0.2, -0.15) is 0 Å². The van der Waals surface area contributed by atoms with Crippen LogP contribution >= 0.6 is 0 Å². The van der Waals surface area contributed by atoms with Gasteiger partial charge in [0.05, 0.1) is 11.3 Å². The van der Waals surface area contributed by atoms with Gasteiger partial charge in [-0.1, -0.05) is 25.5 Å². The zero-order chi connectivity index (χ0) is 16.0. The second-order valence-electron chi connectivity index (χ2n) is 4.84. The van der Waals surface area contributed by atoms with Gasteiger partial charge in [-0.3, -0.25) is 4.79 Å². The van der Waals surface area contributed by atoms with E-state index >= 15 is 0 Å². The highest BCUT2D eigenvalue weighted by Gasteiger charge is 2.19. The van der Waals surface area contributed by atoms with Crippen molar-refractivity contribution in [3.63, 3.8) is 0 Å². The van der Waals surface area contributed by atoms with Crippen molar-refractivity contribution < 1.29 is 23.1 Å². The van der Waals surface area contributed by atoms with E-state index in [0.717, 1.165) is 6.26 Å². The van der Waals surface area contributed by atoms with Crippen LogP contribution in [0.4, 0.5) is 0 Å². The fraction of sp³-hybridized carbons (Fsp3) is 0.429. The predicted molar refractivity (Wildman–Crippen MR) is 77.7 cm³/mol. The molecular weight excluding hydrogens is 294 g/mol. The highest BCUT2D eigenvalue weighted by atomic mass is 32.2. The van der Waals surface area contributed by atoms with Crippen LogP contribution in [-0.4, -0.2) is 37.7 Å². The quantitative estimate of drug-likeness (QED) is 0.782. The summed E-state index contributed by atoms with van der Waals surface area (Å²) in [6.45, 7) is 1.83. The Morgan fingerprint density at radius 1 is 1.33 bits per heavy atom. The van der Waals surface area contributed by atoms with Crippen molar-refractivity contribution >= 4 is 21.7 Å². The maximum atomic E-state index is 11.8. The van der Waals surface area contributed by atoms with Gasteiger partial charge < -0.3 is 10.4 Å². The van der Waals surface area contributed by atoms with E-state index < -0.39 is 27.8 Å². The van der Waals surface area contributed by atoms with E-state index in [-0.39, 0.29) is 11.3 Å². The number of aliphatic carboxylic acids is 1. The molecule has 21 heavy (non-hydrogen) atoms. The van der Waals surface area contributed by atoms with E-state index in [1.807, 2.05) is 6.92 Å². The first-order chi connectivity index (χ1) is 9.74. The number of benzene rings is 1. The molecule has 0 spiro atoms. The number of rotatable bonds is 7. The van der Waals surface area contributed by atoms with E-state index in [4.69, 9.17) is 5.11 Å².